The Bertz CT molecular complexity index is 504. The Kier molecular flexibility index (Phi) is 6.66. The van der Waals surface area contributed by atoms with Crippen LogP contribution in [0.15, 0.2) is 18.2 Å². The van der Waals surface area contributed by atoms with Crippen LogP contribution in [0.3, 0.4) is 0 Å². The minimum absolute atomic E-state index is 0.0137. The Balaban J connectivity index is 2.53. The van der Waals surface area contributed by atoms with Crippen LogP contribution in [-0.2, 0) is 4.79 Å². The summed E-state index contributed by atoms with van der Waals surface area (Å²) in [5.41, 5.74) is -0.335. The van der Waals surface area contributed by atoms with Gasteiger partial charge in [0.1, 0.15) is 0 Å². The summed E-state index contributed by atoms with van der Waals surface area (Å²) in [7, 11) is 0. The Morgan fingerprint density at radius 1 is 1.35 bits per heavy atom. The van der Waals surface area contributed by atoms with Gasteiger partial charge in [0.15, 0.2) is 12.0 Å². The number of carbonyl (C=O) groups excluding carboxylic acids is 2. The SMILES string of the molecule is O=Cc1cccc(OCCCCCC(=O)Cl)c1[N+](=O)[O-]. The van der Waals surface area contributed by atoms with Gasteiger partial charge in [-0.05, 0) is 43.0 Å². The summed E-state index contributed by atoms with van der Waals surface area (Å²) >= 11 is 5.20. The van der Waals surface area contributed by atoms with Crippen LogP contribution in [-0.4, -0.2) is 23.1 Å². The quantitative estimate of drug-likeness (QED) is 0.230. The lowest BCUT2D eigenvalue weighted by Crippen LogP contribution is -2.03. The van der Waals surface area contributed by atoms with Crippen LogP contribution < -0.4 is 4.74 Å². The summed E-state index contributed by atoms with van der Waals surface area (Å²) < 4.78 is 5.33. The fourth-order valence-corrected chi connectivity index (χ4v) is 1.80. The first-order valence-electron chi connectivity index (χ1n) is 6.10. The molecular weight excluding hydrogens is 286 g/mol. The summed E-state index contributed by atoms with van der Waals surface area (Å²) in [6, 6.07) is 4.34. The van der Waals surface area contributed by atoms with E-state index in [9.17, 15) is 19.7 Å². The highest BCUT2D eigenvalue weighted by Crippen LogP contribution is 2.29. The van der Waals surface area contributed by atoms with E-state index in [4.69, 9.17) is 16.3 Å². The average molecular weight is 300 g/mol. The molecule has 6 nitrogen and oxygen atoms in total. The topological polar surface area (TPSA) is 86.5 Å². The lowest BCUT2D eigenvalue weighted by Gasteiger charge is -2.07. The zero-order valence-electron chi connectivity index (χ0n) is 10.7. The third-order valence-corrected chi connectivity index (χ3v) is 2.80. The highest BCUT2D eigenvalue weighted by atomic mass is 35.5. The van der Waals surface area contributed by atoms with E-state index >= 15 is 0 Å². The fraction of sp³-hybridized carbons (Fsp3) is 0.385. The van der Waals surface area contributed by atoms with Crippen molar-refractivity contribution in [1.29, 1.82) is 0 Å². The maximum Gasteiger partial charge on any atom is 0.321 e. The minimum atomic E-state index is -0.634. The number of hydrogen-bond acceptors (Lipinski definition) is 5. The van der Waals surface area contributed by atoms with Crippen molar-refractivity contribution in [3.8, 4) is 5.75 Å². The van der Waals surface area contributed by atoms with Crippen LogP contribution in [0.1, 0.15) is 36.0 Å². The molecule has 0 amide bonds. The highest BCUT2D eigenvalue weighted by Gasteiger charge is 2.20. The summed E-state index contributed by atoms with van der Waals surface area (Å²) in [5.74, 6) is 0.0769. The molecule has 0 heterocycles. The number of unbranched alkanes of at least 4 members (excludes halogenated alkanes) is 2. The fourth-order valence-electron chi connectivity index (χ4n) is 1.67. The number of ether oxygens (including phenoxy) is 1. The molecule has 0 saturated carbocycles. The molecule has 0 aliphatic heterocycles. The molecule has 1 aromatic carbocycles. The van der Waals surface area contributed by atoms with Gasteiger partial charge in [-0.25, -0.2) is 0 Å². The molecule has 20 heavy (non-hydrogen) atoms. The van der Waals surface area contributed by atoms with Crippen molar-refractivity contribution in [3.05, 3.63) is 33.9 Å². The summed E-state index contributed by atoms with van der Waals surface area (Å²) in [6.07, 6.45) is 2.77. The van der Waals surface area contributed by atoms with E-state index < -0.39 is 4.92 Å². The van der Waals surface area contributed by atoms with Crippen LogP contribution in [0.25, 0.3) is 0 Å². The molecule has 0 aliphatic carbocycles. The minimum Gasteiger partial charge on any atom is -0.487 e. The average Bonchev–Trinajstić information content (AvgIpc) is 2.41. The summed E-state index contributed by atoms with van der Waals surface area (Å²) in [4.78, 5) is 31.6. The van der Waals surface area contributed by atoms with Gasteiger partial charge in [-0.15, -0.1) is 0 Å². The van der Waals surface area contributed by atoms with Crippen molar-refractivity contribution in [2.45, 2.75) is 25.7 Å². The monoisotopic (exact) mass is 299 g/mol. The van der Waals surface area contributed by atoms with Gasteiger partial charge >= 0.3 is 5.69 Å². The zero-order chi connectivity index (χ0) is 15.0. The first-order chi connectivity index (χ1) is 9.56. The molecule has 1 rings (SSSR count). The Morgan fingerprint density at radius 3 is 2.70 bits per heavy atom. The Morgan fingerprint density at radius 2 is 2.10 bits per heavy atom. The van der Waals surface area contributed by atoms with Crippen LogP contribution in [0, 0.1) is 10.1 Å². The molecule has 0 N–H and O–H groups in total. The summed E-state index contributed by atoms with van der Waals surface area (Å²) in [5, 5.41) is 10.6. The molecule has 7 heteroatoms. The first-order valence-corrected chi connectivity index (χ1v) is 6.47. The van der Waals surface area contributed by atoms with Crippen LogP contribution in [0.5, 0.6) is 5.75 Å². The maximum absolute atomic E-state index is 10.9. The van der Waals surface area contributed by atoms with Gasteiger partial charge in [0, 0.05) is 6.42 Å². The number of rotatable bonds is 9. The molecule has 0 atom stereocenters. The molecule has 0 radical (unpaired) electrons. The normalized spacial score (nSPS) is 10.1. The van der Waals surface area contributed by atoms with Crippen molar-refractivity contribution in [3.63, 3.8) is 0 Å². The van der Waals surface area contributed by atoms with E-state index in [0.717, 1.165) is 6.42 Å². The van der Waals surface area contributed by atoms with Crippen molar-refractivity contribution in [1.82, 2.24) is 0 Å². The van der Waals surface area contributed by atoms with Crippen LogP contribution in [0.2, 0.25) is 0 Å². The molecule has 0 aromatic heterocycles. The van der Waals surface area contributed by atoms with Gasteiger partial charge in [-0.1, -0.05) is 6.07 Å². The van der Waals surface area contributed by atoms with Crippen molar-refractivity contribution >= 4 is 28.8 Å². The number of halogens is 1. The molecule has 0 aliphatic rings. The van der Waals surface area contributed by atoms with E-state index in [1.807, 2.05) is 0 Å². The van der Waals surface area contributed by atoms with Crippen LogP contribution >= 0.6 is 11.6 Å². The van der Waals surface area contributed by atoms with Crippen molar-refractivity contribution in [2.75, 3.05) is 6.61 Å². The second-order valence-corrected chi connectivity index (χ2v) is 4.50. The van der Waals surface area contributed by atoms with Crippen molar-refractivity contribution < 1.29 is 19.2 Å². The van der Waals surface area contributed by atoms with E-state index in [-0.39, 0.29) is 28.8 Å². The Labute approximate surface area is 120 Å². The number of para-hydroxylation sites is 1. The van der Waals surface area contributed by atoms with Gasteiger partial charge in [0.25, 0.3) is 0 Å². The van der Waals surface area contributed by atoms with E-state index in [1.54, 1.807) is 0 Å². The standard InChI is InChI=1S/C13H14ClNO5/c14-12(17)7-2-1-3-8-20-11-6-4-5-10(9-16)13(11)15(18)19/h4-6,9H,1-3,7-8H2. The van der Waals surface area contributed by atoms with Gasteiger partial charge in [0.2, 0.25) is 5.24 Å². The number of nitrogens with zero attached hydrogens (tertiary/aromatic N) is 1. The number of nitro groups is 1. The maximum atomic E-state index is 10.9. The predicted octanol–water partition coefficient (Wildman–Crippen LogP) is 3.11. The number of carbonyl (C=O) groups is 2. The van der Waals surface area contributed by atoms with Gasteiger partial charge < -0.3 is 4.74 Å². The van der Waals surface area contributed by atoms with E-state index in [1.165, 1.54) is 18.2 Å². The second-order valence-electron chi connectivity index (χ2n) is 4.08. The number of hydrogen-bond donors (Lipinski definition) is 0. The predicted molar refractivity (Wildman–Crippen MR) is 73.3 cm³/mol. The molecule has 0 spiro atoms. The van der Waals surface area contributed by atoms with Gasteiger partial charge in [0.05, 0.1) is 17.1 Å². The molecule has 0 bridgehead atoms. The van der Waals surface area contributed by atoms with E-state index in [0.29, 0.717) is 25.5 Å². The highest BCUT2D eigenvalue weighted by molar-refractivity contribution is 6.63. The number of aldehydes is 1. The van der Waals surface area contributed by atoms with Gasteiger partial charge in [-0.3, -0.25) is 19.7 Å². The number of benzene rings is 1. The number of nitro benzene ring substituents is 1. The molecule has 108 valence electrons. The molecule has 1 aromatic rings. The van der Waals surface area contributed by atoms with E-state index in [2.05, 4.69) is 0 Å². The Hall–Kier alpha value is -1.95. The largest absolute Gasteiger partial charge is 0.487 e. The lowest BCUT2D eigenvalue weighted by atomic mass is 10.2. The first kappa shape index (κ1) is 16.1. The third kappa shape index (κ3) is 4.97. The smallest absolute Gasteiger partial charge is 0.321 e. The molecule has 0 saturated heterocycles. The molecule has 0 fully saturated rings. The summed E-state index contributed by atoms with van der Waals surface area (Å²) in [6.45, 7) is 0.277. The van der Waals surface area contributed by atoms with Crippen molar-refractivity contribution in [2.24, 2.45) is 0 Å². The second kappa shape index (κ2) is 8.27. The molecular formula is C13H14ClNO5. The zero-order valence-corrected chi connectivity index (χ0v) is 11.5. The van der Waals surface area contributed by atoms with Gasteiger partial charge in [-0.2, -0.15) is 0 Å². The lowest BCUT2D eigenvalue weighted by molar-refractivity contribution is -0.386. The molecule has 0 unspecified atom stereocenters. The van der Waals surface area contributed by atoms with Crippen LogP contribution in [0.4, 0.5) is 5.69 Å². The third-order valence-electron chi connectivity index (χ3n) is 2.61.